The summed E-state index contributed by atoms with van der Waals surface area (Å²) in [7, 11) is 1.66. The van der Waals surface area contributed by atoms with E-state index in [0.717, 1.165) is 30.8 Å². The second kappa shape index (κ2) is 7.10. The minimum atomic E-state index is -0.467. The number of aryl methyl sites for hydroxylation is 2. The predicted octanol–water partition coefficient (Wildman–Crippen LogP) is 2.97. The van der Waals surface area contributed by atoms with Crippen LogP contribution in [0.15, 0.2) is 36.5 Å². The highest BCUT2D eigenvalue weighted by Crippen LogP contribution is 2.20. The van der Waals surface area contributed by atoms with Gasteiger partial charge in [0.05, 0.1) is 18.9 Å². The molecular weight excluding hydrogens is 252 g/mol. The molecule has 1 atom stereocenters. The second-order valence-electron chi connectivity index (χ2n) is 4.88. The molecule has 1 heterocycles. The first-order chi connectivity index (χ1) is 9.74. The van der Waals surface area contributed by atoms with Gasteiger partial charge in [0.25, 0.3) is 0 Å². The topological polar surface area (TPSA) is 47.3 Å². The summed E-state index contributed by atoms with van der Waals surface area (Å²) in [6, 6.07) is 9.87. The van der Waals surface area contributed by atoms with Crippen LogP contribution in [0.2, 0.25) is 0 Å². The molecule has 0 saturated heterocycles. The van der Waals surface area contributed by atoms with E-state index in [1.165, 1.54) is 5.56 Å². The molecule has 1 N–H and O–H groups in total. The van der Waals surface area contributed by atoms with E-state index < -0.39 is 6.10 Å². The maximum Gasteiger partial charge on any atom is 0.118 e. The van der Waals surface area contributed by atoms with Crippen LogP contribution in [0.4, 0.5) is 0 Å². The van der Waals surface area contributed by atoms with Crippen LogP contribution >= 0.6 is 0 Å². The van der Waals surface area contributed by atoms with Crippen molar-refractivity contribution in [1.82, 2.24) is 9.78 Å². The Morgan fingerprint density at radius 1 is 1.25 bits per heavy atom. The molecule has 0 fully saturated rings. The summed E-state index contributed by atoms with van der Waals surface area (Å²) >= 11 is 0. The quantitative estimate of drug-likeness (QED) is 0.844. The van der Waals surface area contributed by atoms with E-state index in [-0.39, 0.29) is 0 Å². The van der Waals surface area contributed by atoms with E-state index in [4.69, 9.17) is 4.74 Å². The van der Waals surface area contributed by atoms with Gasteiger partial charge in [-0.05, 0) is 43.0 Å². The first-order valence-corrected chi connectivity index (χ1v) is 7.07. The van der Waals surface area contributed by atoms with Gasteiger partial charge >= 0.3 is 0 Å². The minimum absolute atomic E-state index is 0.467. The van der Waals surface area contributed by atoms with Crippen molar-refractivity contribution in [3.63, 3.8) is 0 Å². The lowest BCUT2D eigenvalue weighted by Crippen LogP contribution is -2.09. The van der Waals surface area contributed by atoms with Gasteiger partial charge in [-0.25, -0.2) is 0 Å². The van der Waals surface area contributed by atoms with E-state index in [2.05, 4.69) is 12.0 Å². The van der Waals surface area contributed by atoms with Gasteiger partial charge in [0, 0.05) is 12.7 Å². The van der Waals surface area contributed by atoms with E-state index >= 15 is 0 Å². The fourth-order valence-electron chi connectivity index (χ4n) is 2.27. The van der Waals surface area contributed by atoms with Gasteiger partial charge in [-0.1, -0.05) is 19.1 Å². The molecule has 4 heteroatoms. The number of aliphatic hydroxyl groups excluding tert-OH is 1. The van der Waals surface area contributed by atoms with Crippen LogP contribution in [-0.4, -0.2) is 22.0 Å². The van der Waals surface area contributed by atoms with Crippen molar-refractivity contribution in [1.29, 1.82) is 0 Å². The third-order valence-electron chi connectivity index (χ3n) is 3.39. The number of aromatic nitrogens is 2. The molecule has 0 saturated carbocycles. The van der Waals surface area contributed by atoms with Gasteiger partial charge in [0.2, 0.25) is 0 Å². The number of methoxy groups -OCH3 is 1. The van der Waals surface area contributed by atoms with Crippen molar-refractivity contribution < 1.29 is 9.84 Å². The monoisotopic (exact) mass is 274 g/mol. The third kappa shape index (κ3) is 3.61. The van der Waals surface area contributed by atoms with Gasteiger partial charge in [0.15, 0.2) is 0 Å². The summed E-state index contributed by atoms with van der Waals surface area (Å²) in [5, 5.41) is 14.5. The third-order valence-corrected chi connectivity index (χ3v) is 3.39. The van der Waals surface area contributed by atoms with Crippen LogP contribution in [0.1, 0.15) is 37.1 Å². The molecule has 4 nitrogen and oxygen atoms in total. The Morgan fingerprint density at radius 3 is 2.65 bits per heavy atom. The molecule has 0 bridgehead atoms. The van der Waals surface area contributed by atoms with Crippen molar-refractivity contribution in [3.05, 3.63) is 47.8 Å². The maximum absolute atomic E-state index is 10.3. The Balaban J connectivity index is 1.93. The Hall–Kier alpha value is -1.81. The van der Waals surface area contributed by atoms with Crippen LogP contribution in [-0.2, 0) is 13.0 Å². The van der Waals surface area contributed by atoms with Gasteiger partial charge in [-0.15, -0.1) is 0 Å². The maximum atomic E-state index is 10.3. The average Bonchev–Trinajstić information content (AvgIpc) is 2.94. The SMILES string of the molecule is CCCn1nccc1C(O)CCc1ccc(OC)cc1. The molecule has 0 spiro atoms. The lowest BCUT2D eigenvalue weighted by molar-refractivity contribution is 0.156. The summed E-state index contributed by atoms with van der Waals surface area (Å²) in [4.78, 5) is 0. The normalized spacial score (nSPS) is 12.3. The molecule has 1 unspecified atom stereocenters. The smallest absolute Gasteiger partial charge is 0.118 e. The molecule has 0 aliphatic heterocycles. The summed E-state index contributed by atoms with van der Waals surface area (Å²) < 4.78 is 7.02. The summed E-state index contributed by atoms with van der Waals surface area (Å²) in [5.41, 5.74) is 2.10. The molecular formula is C16H22N2O2. The number of rotatable bonds is 7. The molecule has 1 aromatic heterocycles. The van der Waals surface area contributed by atoms with Crippen LogP contribution in [0.25, 0.3) is 0 Å². The zero-order valence-electron chi connectivity index (χ0n) is 12.1. The zero-order chi connectivity index (χ0) is 14.4. The molecule has 0 aliphatic rings. The highest BCUT2D eigenvalue weighted by Gasteiger charge is 2.12. The van der Waals surface area contributed by atoms with E-state index in [9.17, 15) is 5.11 Å². The van der Waals surface area contributed by atoms with E-state index in [1.807, 2.05) is 35.0 Å². The highest BCUT2D eigenvalue weighted by molar-refractivity contribution is 5.27. The highest BCUT2D eigenvalue weighted by atomic mass is 16.5. The number of nitrogens with zero attached hydrogens (tertiary/aromatic N) is 2. The number of ether oxygens (including phenoxy) is 1. The zero-order valence-corrected chi connectivity index (χ0v) is 12.1. The van der Waals surface area contributed by atoms with Crippen molar-refractivity contribution in [2.45, 2.75) is 38.8 Å². The Morgan fingerprint density at radius 2 is 2.00 bits per heavy atom. The molecule has 20 heavy (non-hydrogen) atoms. The fraction of sp³-hybridized carbons (Fsp3) is 0.438. The minimum Gasteiger partial charge on any atom is -0.497 e. The van der Waals surface area contributed by atoms with Crippen LogP contribution in [0.3, 0.4) is 0 Å². The lowest BCUT2D eigenvalue weighted by Gasteiger charge is -2.13. The molecule has 0 amide bonds. The second-order valence-corrected chi connectivity index (χ2v) is 4.88. The van der Waals surface area contributed by atoms with E-state index in [1.54, 1.807) is 13.3 Å². The number of hydrogen-bond acceptors (Lipinski definition) is 3. The van der Waals surface area contributed by atoms with Crippen molar-refractivity contribution in [3.8, 4) is 5.75 Å². The number of hydrogen-bond donors (Lipinski definition) is 1. The van der Waals surface area contributed by atoms with Crippen molar-refractivity contribution in [2.24, 2.45) is 0 Å². The molecule has 0 radical (unpaired) electrons. The fourth-order valence-corrected chi connectivity index (χ4v) is 2.27. The first kappa shape index (κ1) is 14.6. The molecule has 108 valence electrons. The largest absolute Gasteiger partial charge is 0.497 e. The summed E-state index contributed by atoms with van der Waals surface area (Å²) in [5.74, 6) is 0.857. The van der Waals surface area contributed by atoms with E-state index in [0.29, 0.717) is 6.42 Å². The standard InChI is InChI=1S/C16H22N2O2/c1-3-12-18-15(10-11-17-18)16(19)9-6-13-4-7-14(20-2)8-5-13/h4-5,7-8,10-11,16,19H,3,6,9,12H2,1-2H3. The molecule has 0 aliphatic carbocycles. The van der Waals surface area contributed by atoms with Gasteiger partial charge in [0.1, 0.15) is 5.75 Å². The lowest BCUT2D eigenvalue weighted by atomic mass is 10.0. The Labute approximate surface area is 120 Å². The first-order valence-electron chi connectivity index (χ1n) is 7.07. The van der Waals surface area contributed by atoms with Crippen LogP contribution < -0.4 is 4.74 Å². The average molecular weight is 274 g/mol. The Bertz CT molecular complexity index is 520. The van der Waals surface area contributed by atoms with Gasteiger partial charge in [-0.2, -0.15) is 5.10 Å². The molecule has 2 rings (SSSR count). The van der Waals surface area contributed by atoms with Crippen molar-refractivity contribution >= 4 is 0 Å². The summed E-state index contributed by atoms with van der Waals surface area (Å²) in [6.07, 6.45) is 3.83. The molecule has 1 aromatic carbocycles. The Kier molecular flexibility index (Phi) is 5.18. The van der Waals surface area contributed by atoms with Crippen LogP contribution in [0.5, 0.6) is 5.75 Å². The molecule has 2 aromatic rings. The predicted molar refractivity (Wildman–Crippen MR) is 78.8 cm³/mol. The van der Waals surface area contributed by atoms with Crippen LogP contribution in [0, 0.1) is 0 Å². The number of benzene rings is 1. The van der Waals surface area contributed by atoms with Crippen molar-refractivity contribution in [2.75, 3.05) is 7.11 Å². The van der Waals surface area contributed by atoms with Gasteiger partial charge < -0.3 is 9.84 Å². The summed E-state index contributed by atoms with van der Waals surface area (Å²) in [6.45, 7) is 2.96. The van der Waals surface area contributed by atoms with Gasteiger partial charge in [-0.3, -0.25) is 4.68 Å². The number of aliphatic hydroxyl groups is 1.